The van der Waals surface area contributed by atoms with Crippen molar-refractivity contribution in [1.82, 2.24) is 14.8 Å². The molecule has 134 valence electrons. The maximum absolute atomic E-state index is 14.6. The third-order valence-electron chi connectivity index (χ3n) is 2.82. The summed E-state index contributed by atoms with van der Waals surface area (Å²) in [6, 6.07) is 4.29. The molecule has 2 atom stereocenters. The van der Waals surface area contributed by atoms with Crippen molar-refractivity contribution in [2.24, 2.45) is 5.16 Å². The third-order valence-corrected chi connectivity index (χ3v) is 3.94. The Morgan fingerprint density at radius 2 is 2.08 bits per heavy atom. The highest BCUT2D eigenvalue weighted by molar-refractivity contribution is 7.86. The Kier molecular flexibility index (Phi) is 6.02. The van der Waals surface area contributed by atoms with Crippen molar-refractivity contribution < 1.29 is 26.6 Å². The quantitative estimate of drug-likeness (QED) is 0.245. The number of benzene rings is 1. The second-order valence-electron chi connectivity index (χ2n) is 4.51. The number of oxime groups is 1. The van der Waals surface area contributed by atoms with Crippen molar-refractivity contribution in [2.45, 2.75) is 16.7 Å². The molecule has 0 radical (unpaired) electrons. The number of alkyl halides is 4. The monoisotopic (exact) mass is 376 g/mol. The molecule has 0 N–H and O–H groups in total. The molecule has 2 rings (SSSR count). The predicted octanol–water partition coefficient (Wildman–Crippen LogP) is 2.98. The van der Waals surface area contributed by atoms with Crippen LogP contribution in [0.3, 0.4) is 0 Å². The molecule has 0 aliphatic heterocycles. The summed E-state index contributed by atoms with van der Waals surface area (Å²) >= 11 is 0. The lowest BCUT2D eigenvalue weighted by atomic mass is 10.1. The van der Waals surface area contributed by atoms with Crippen LogP contribution in [-0.2, 0) is 15.6 Å². The zero-order valence-corrected chi connectivity index (χ0v) is 13.4. The molecular formula is C14H12F4N4O2S. The van der Waals surface area contributed by atoms with E-state index in [1.807, 2.05) is 0 Å². The Bertz CT molecular complexity index is 760. The molecule has 0 aliphatic carbocycles. The molecule has 0 saturated carbocycles. The van der Waals surface area contributed by atoms with Gasteiger partial charge in [0.2, 0.25) is 6.30 Å². The fraction of sp³-hybridized carbons (Fsp3) is 0.214. The maximum Gasteiger partial charge on any atom is 0.475 e. The molecule has 2 aromatic rings. The number of nitrogens with zero attached hydrogens (tertiary/aromatic N) is 4. The minimum absolute atomic E-state index is 0.00372. The number of hydrogen-bond acceptors (Lipinski definition) is 5. The van der Waals surface area contributed by atoms with Gasteiger partial charge in [-0.25, -0.2) is 18.3 Å². The summed E-state index contributed by atoms with van der Waals surface area (Å²) in [5.41, 5.74) is -4.99. The molecule has 1 aromatic carbocycles. The smallest absolute Gasteiger partial charge is 0.391 e. The average Bonchev–Trinajstić information content (AvgIpc) is 3.12. The van der Waals surface area contributed by atoms with Crippen LogP contribution in [-0.4, -0.2) is 36.8 Å². The van der Waals surface area contributed by atoms with Gasteiger partial charge in [0.1, 0.15) is 25.0 Å². The van der Waals surface area contributed by atoms with Gasteiger partial charge in [-0.3, -0.25) is 0 Å². The Balaban J connectivity index is 2.33. The van der Waals surface area contributed by atoms with Crippen molar-refractivity contribution >= 4 is 16.5 Å². The summed E-state index contributed by atoms with van der Waals surface area (Å²) in [5.74, 6) is 0. The van der Waals surface area contributed by atoms with Crippen LogP contribution < -0.4 is 0 Å². The first-order valence-corrected chi connectivity index (χ1v) is 7.87. The zero-order valence-electron chi connectivity index (χ0n) is 12.6. The van der Waals surface area contributed by atoms with Gasteiger partial charge in [-0.2, -0.15) is 18.3 Å². The van der Waals surface area contributed by atoms with Crippen molar-refractivity contribution in [3.63, 3.8) is 0 Å². The number of aromatic nitrogens is 3. The van der Waals surface area contributed by atoms with Crippen LogP contribution in [0.2, 0.25) is 0 Å². The standard InChI is InChI=1S/C14H12F4N4O2S/c1-2-7-24-21-12(13(15)22-9-19-8-20-22)10-3-5-11(6-4-10)25(23)14(16,17)18/h2-6,8-9,13H,1,7H2. The highest BCUT2D eigenvalue weighted by atomic mass is 32.2. The summed E-state index contributed by atoms with van der Waals surface area (Å²) in [6.45, 7) is 3.43. The van der Waals surface area contributed by atoms with Gasteiger partial charge in [0.05, 0.1) is 0 Å². The first kappa shape index (κ1) is 18.8. The van der Waals surface area contributed by atoms with Crippen LogP contribution in [0.1, 0.15) is 11.9 Å². The van der Waals surface area contributed by atoms with Crippen LogP contribution in [0.15, 0.2) is 59.6 Å². The number of rotatable bonds is 7. The molecule has 0 spiro atoms. The first-order chi connectivity index (χ1) is 11.8. The molecule has 11 heteroatoms. The largest absolute Gasteiger partial charge is 0.475 e. The van der Waals surface area contributed by atoms with Gasteiger partial charge in [-0.05, 0) is 12.1 Å². The van der Waals surface area contributed by atoms with Crippen molar-refractivity contribution in [1.29, 1.82) is 0 Å². The molecule has 2 unspecified atom stereocenters. The van der Waals surface area contributed by atoms with Crippen LogP contribution in [0.5, 0.6) is 0 Å². The lowest BCUT2D eigenvalue weighted by Gasteiger charge is -2.12. The second kappa shape index (κ2) is 8.01. The van der Waals surface area contributed by atoms with E-state index >= 15 is 0 Å². The van der Waals surface area contributed by atoms with Gasteiger partial charge in [0.25, 0.3) is 0 Å². The summed E-state index contributed by atoms with van der Waals surface area (Å²) in [4.78, 5) is 8.03. The third kappa shape index (κ3) is 4.72. The highest BCUT2D eigenvalue weighted by Gasteiger charge is 2.38. The highest BCUT2D eigenvalue weighted by Crippen LogP contribution is 2.27. The molecule has 0 aliphatic rings. The molecule has 0 bridgehead atoms. The fourth-order valence-corrected chi connectivity index (χ4v) is 2.39. The van der Waals surface area contributed by atoms with E-state index in [0.29, 0.717) is 0 Å². The van der Waals surface area contributed by atoms with E-state index in [4.69, 9.17) is 4.84 Å². The maximum atomic E-state index is 14.6. The first-order valence-electron chi connectivity index (χ1n) is 6.72. The van der Waals surface area contributed by atoms with E-state index in [1.54, 1.807) is 0 Å². The van der Waals surface area contributed by atoms with E-state index in [9.17, 15) is 21.8 Å². The van der Waals surface area contributed by atoms with Crippen LogP contribution in [0.25, 0.3) is 0 Å². The van der Waals surface area contributed by atoms with Gasteiger partial charge in [0.15, 0.2) is 10.8 Å². The number of halogens is 4. The Morgan fingerprint density at radius 3 is 2.60 bits per heavy atom. The van der Waals surface area contributed by atoms with Crippen LogP contribution in [0.4, 0.5) is 17.6 Å². The summed E-state index contributed by atoms with van der Waals surface area (Å²) in [5, 5.41) is 7.29. The Labute approximate surface area is 142 Å². The molecular weight excluding hydrogens is 364 g/mol. The molecule has 1 heterocycles. The summed E-state index contributed by atoms with van der Waals surface area (Å²) < 4.78 is 64.2. The van der Waals surface area contributed by atoms with E-state index < -0.39 is 27.5 Å². The summed E-state index contributed by atoms with van der Waals surface area (Å²) in [6.07, 6.45) is 1.73. The minimum Gasteiger partial charge on any atom is -0.391 e. The topological polar surface area (TPSA) is 69.4 Å². The lowest BCUT2D eigenvalue weighted by molar-refractivity contribution is -0.0384. The van der Waals surface area contributed by atoms with Gasteiger partial charge >= 0.3 is 5.51 Å². The zero-order chi connectivity index (χ0) is 18.4. The van der Waals surface area contributed by atoms with Crippen LogP contribution in [0, 0.1) is 0 Å². The molecule has 0 amide bonds. The van der Waals surface area contributed by atoms with Gasteiger partial charge in [-0.15, -0.1) is 0 Å². The van der Waals surface area contributed by atoms with Crippen LogP contribution >= 0.6 is 0 Å². The lowest BCUT2D eigenvalue weighted by Crippen LogP contribution is -2.19. The van der Waals surface area contributed by atoms with E-state index in [-0.39, 0.29) is 17.9 Å². The SMILES string of the molecule is C=CCON=C(c1ccc(S(=O)C(F)(F)F)cc1)C(F)n1cncn1. The molecule has 0 fully saturated rings. The average molecular weight is 376 g/mol. The molecule has 1 aromatic heterocycles. The fourth-order valence-electron chi connectivity index (χ4n) is 1.74. The van der Waals surface area contributed by atoms with E-state index in [0.717, 1.165) is 29.5 Å². The van der Waals surface area contributed by atoms with Crippen molar-refractivity contribution in [2.75, 3.05) is 6.61 Å². The molecule has 0 saturated heterocycles. The van der Waals surface area contributed by atoms with E-state index in [1.165, 1.54) is 18.2 Å². The molecule has 25 heavy (non-hydrogen) atoms. The Hall–Kier alpha value is -2.56. The molecule has 6 nitrogen and oxygen atoms in total. The van der Waals surface area contributed by atoms with Gasteiger partial charge in [0, 0.05) is 10.5 Å². The van der Waals surface area contributed by atoms with Crippen molar-refractivity contribution in [3.05, 3.63) is 55.1 Å². The summed E-state index contributed by atoms with van der Waals surface area (Å²) in [7, 11) is -3.17. The van der Waals surface area contributed by atoms with Gasteiger partial charge in [-0.1, -0.05) is 29.9 Å². The van der Waals surface area contributed by atoms with Crippen molar-refractivity contribution in [3.8, 4) is 0 Å². The van der Waals surface area contributed by atoms with Gasteiger partial charge < -0.3 is 4.84 Å². The second-order valence-corrected chi connectivity index (χ2v) is 5.98. The van der Waals surface area contributed by atoms with E-state index in [2.05, 4.69) is 21.8 Å². The Morgan fingerprint density at radius 1 is 1.40 bits per heavy atom. The number of hydrogen-bond donors (Lipinski definition) is 0. The minimum atomic E-state index is -4.88. The predicted molar refractivity (Wildman–Crippen MR) is 81.8 cm³/mol. The normalized spacial score (nSPS) is 14.8.